The number of nitrogens with one attached hydrogen (secondary N) is 1. The summed E-state index contributed by atoms with van der Waals surface area (Å²) in [6.45, 7) is 3.35. The second kappa shape index (κ2) is 5.69. The zero-order valence-electron chi connectivity index (χ0n) is 10.9. The monoisotopic (exact) mass is 254 g/mol. The number of rotatable bonds is 4. The van der Waals surface area contributed by atoms with Crippen LogP contribution in [0.15, 0.2) is 0 Å². The van der Waals surface area contributed by atoms with Crippen LogP contribution in [0.1, 0.15) is 32.6 Å². The van der Waals surface area contributed by atoms with Crippen molar-refractivity contribution in [2.24, 2.45) is 11.8 Å². The third kappa shape index (κ3) is 3.45. The number of aliphatic hydroxyl groups is 1. The van der Waals surface area contributed by atoms with Gasteiger partial charge in [0.2, 0.25) is 11.8 Å². The Balaban J connectivity index is 1.72. The van der Waals surface area contributed by atoms with E-state index in [0.29, 0.717) is 19.6 Å². The molecule has 5 nitrogen and oxygen atoms in total. The van der Waals surface area contributed by atoms with Crippen molar-refractivity contribution in [3.8, 4) is 0 Å². The second-order valence-electron chi connectivity index (χ2n) is 5.47. The highest BCUT2D eigenvalue weighted by Gasteiger charge is 2.35. The molecular formula is C13H22N2O3. The Morgan fingerprint density at radius 3 is 2.33 bits per heavy atom. The average Bonchev–Trinajstić information content (AvgIpc) is 3.19. The maximum absolute atomic E-state index is 11.8. The Morgan fingerprint density at radius 1 is 1.22 bits per heavy atom. The largest absolute Gasteiger partial charge is 0.392 e. The highest BCUT2D eigenvalue weighted by Crippen LogP contribution is 2.32. The quantitative estimate of drug-likeness (QED) is 0.749. The van der Waals surface area contributed by atoms with Crippen LogP contribution in [0.5, 0.6) is 0 Å². The Morgan fingerprint density at radius 2 is 1.83 bits per heavy atom. The van der Waals surface area contributed by atoms with Crippen LogP contribution in [0.25, 0.3) is 0 Å². The van der Waals surface area contributed by atoms with Gasteiger partial charge in [-0.3, -0.25) is 9.59 Å². The van der Waals surface area contributed by atoms with Gasteiger partial charge >= 0.3 is 0 Å². The predicted molar refractivity (Wildman–Crippen MR) is 66.7 cm³/mol. The molecule has 2 amide bonds. The first kappa shape index (κ1) is 13.3. The van der Waals surface area contributed by atoms with E-state index in [9.17, 15) is 9.59 Å². The molecule has 1 aliphatic carbocycles. The summed E-state index contributed by atoms with van der Waals surface area (Å²) in [5, 5.41) is 11.9. The number of aliphatic hydroxyl groups excluding tert-OH is 1. The molecule has 2 N–H and O–H groups in total. The maximum Gasteiger partial charge on any atom is 0.225 e. The summed E-state index contributed by atoms with van der Waals surface area (Å²) in [4.78, 5) is 25.5. The summed E-state index contributed by atoms with van der Waals surface area (Å²) < 4.78 is 0. The van der Waals surface area contributed by atoms with Gasteiger partial charge in [-0.05, 0) is 32.6 Å². The fourth-order valence-corrected chi connectivity index (χ4v) is 2.34. The number of carbonyl (C=O) groups excluding carboxylic acids is 2. The molecule has 1 saturated carbocycles. The molecule has 18 heavy (non-hydrogen) atoms. The molecule has 2 fully saturated rings. The van der Waals surface area contributed by atoms with E-state index >= 15 is 0 Å². The van der Waals surface area contributed by atoms with Crippen LogP contribution in [0.4, 0.5) is 0 Å². The Bertz CT molecular complexity index is 318. The van der Waals surface area contributed by atoms with Gasteiger partial charge in [0.05, 0.1) is 6.10 Å². The van der Waals surface area contributed by atoms with Crippen LogP contribution in [-0.4, -0.2) is 47.6 Å². The highest BCUT2D eigenvalue weighted by atomic mass is 16.3. The minimum atomic E-state index is -0.509. The van der Waals surface area contributed by atoms with Gasteiger partial charge in [0, 0.05) is 31.5 Å². The normalized spacial score (nSPS) is 22.7. The SMILES string of the molecule is C[C@@H](O)CNC(=O)C1CCN(C(=O)C2CC2)CC1. The minimum absolute atomic E-state index is 0.00740. The first-order chi connectivity index (χ1) is 8.58. The molecule has 102 valence electrons. The van der Waals surface area contributed by atoms with Crippen molar-refractivity contribution in [1.29, 1.82) is 0 Å². The standard InChI is InChI=1S/C13H22N2O3/c1-9(16)8-14-12(17)10-4-6-15(7-5-10)13(18)11-2-3-11/h9-11,16H,2-8H2,1H3,(H,14,17)/t9-/m1/s1. The topological polar surface area (TPSA) is 69.6 Å². The lowest BCUT2D eigenvalue weighted by atomic mass is 9.95. The van der Waals surface area contributed by atoms with E-state index in [4.69, 9.17) is 5.11 Å². The second-order valence-corrected chi connectivity index (χ2v) is 5.47. The van der Waals surface area contributed by atoms with Gasteiger partial charge in [-0.1, -0.05) is 0 Å². The number of hydrogen-bond acceptors (Lipinski definition) is 3. The molecule has 5 heteroatoms. The molecule has 1 heterocycles. The van der Waals surface area contributed by atoms with Gasteiger partial charge in [-0.2, -0.15) is 0 Å². The van der Waals surface area contributed by atoms with Crippen molar-refractivity contribution in [1.82, 2.24) is 10.2 Å². The van der Waals surface area contributed by atoms with Gasteiger partial charge < -0.3 is 15.3 Å². The highest BCUT2D eigenvalue weighted by molar-refractivity contribution is 5.82. The number of piperidine rings is 1. The molecule has 2 rings (SSSR count). The average molecular weight is 254 g/mol. The van der Waals surface area contributed by atoms with E-state index < -0.39 is 6.10 Å². The molecule has 0 aromatic rings. The maximum atomic E-state index is 11.8. The summed E-state index contributed by atoms with van der Waals surface area (Å²) in [5.74, 6) is 0.546. The number of amides is 2. The van der Waals surface area contributed by atoms with Crippen molar-refractivity contribution >= 4 is 11.8 Å². The number of hydrogen-bond donors (Lipinski definition) is 2. The van der Waals surface area contributed by atoms with E-state index in [0.717, 1.165) is 25.7 Å². The third-order valence-corrected chi connectivity index (χ3v) is 3.68. The first-order valence-electron chi connectivity index (χ1n) is 6.82. The Kier molecular flexibility index (Phi) is 4.22. The fourth-order valence-electron chi connectivity index (χ4n) is 2.34. The molecule has 0 radical (unpaired) electrons. The van der Waals surface area contributed by atoms with Crippen molar-refractivity contribution < 1.29 is 14.7 Å². The lowest BCUT2D eigenvalue weighted by molar-refractivity contribution is -0.136. The third-order valence-electron chi connectivity index (χ3n) is 3.68. The molecular weight excluding hydrogens is 232 g/mol. The van der Waals surface area contributed by atoms with E-state index in [-0.39, 0.29) is 23.7 Å². The number of nitrogens with zero attached hydrogens (tertiary/aromatic N) is 1. The van der Waals surface area contributed by atoms with Crippen LogP contribution in [0, 0.1) is 11.8 Å². The van der Waals surface area contributed by atoms with Crippen LogP contribution in [0.2, 0.25) is 0 Å². The molecule has 2 aliphatic rings. The number of carbonyl (C=O) groups is 2. The van der Waals surface area contributed by atoms with Crippen LogP contribution >= 0.6 is 0 Å². The lowest BCUT2D eigenvalue weighted by Crippen LogP contribution is -2.44. The van der Waals surface area contributed by atoms with Crippen LogP contribution in [-0.2, 0) is 9.59 Å². The van der Waals surface area contributed by atoms with E-state index in [1.165, 1.54) is 0 Å². The summed E-state index contributed by atoms with van der Waals surface area (Å²) in [5.41, 5.74) is 0. The van der Waals surface area contributed by atoms with Crippen LogP contribution < -0.4 is 5.32 Å². The molecule has 1 atom stereocenters. The van der Waals surface area contributed by atoms with Gasteiger partial charge in [0.15, 0.2) is 0 Å². The molecule has 0 unspecified atom stereocenters. The molecule has 1 saturated heterocycles. The summed E-state index contributed by atoms with van der Waals surface area (Å²) in [6, 6.07) is 0. The summed E-state index contributed by atoms with van der Waals surface area (Å²) >= 11 is 0. The smallest absolute Gasteiger partial charge is 0.225 e. The van der Waals surface area contributed by atoms with Gasteiger partial charge in [0.1, 0.15) is 0 Å². The Labute approximate surface area is 108 Å². The Hall–Kier alpha value is -1.10. The molecule has 1 aliphatic heterocycles. The van der Waals surface area contributed by atoms with E-state index in [2.05, 4.69) is 5.32 Å². The molecule has 0 bridgehead atoms. The molecule has 0 aromatic heterocycles. The zero-order chi connectivity index (χ0) is 13.1. The molecule has 0 spiro atoms. The molecule has 0 aromatic carbocycles. The first-order valence-corrected chi connectivity index (χ1v) is 6.82. The van der Waals surface area contributed by atoms with Crippen molar-refractivity contribution in [2.45, 2.75) is 38.7 Å². The lowest BCUT2D eigenvalue weighted by Gasteiger charge is -2.31. The fraction of sp³-hybridized carbons (Fsp3) is 0.846. The minimum Gasteiger partial charge on any atom is -0.392 e. The predicted octanol–water partition coefficient (Wildman–Crippen LogP) is 0.132. The van der Waals surface area contributed by atoms with E-state index in [1.807, 2.05) is 4.90 Å². The van der Waals surface area contributed by atoms with Gasteiger partial charge in [-0.25, -0.2) is 0 Å². The summed E-state index contributed by atoms with van der Waals surface area (Å²) in [7, 11) is 0. The van der Waals surface area contributed by atoms with Crippen molar-refractivity contribution in [2.75, 3.05) is 19.6 Å². The van der Waals surface area contributed by atoms with E-state index in [1.54, 1.807) is 6.92 Å². The van der Waals surface area contributed by atoms with Gasteiger partial charge in [0.25, 0.3) is 0 Å². The van der Waals surface area contributed by atoms with Gasteiger partial charge in [-0.15, -0.1) is 0 Å². The number of likely N-dealkylation sites (tertiary alicyclic amines) is 1. The van der Waals surface area contributed by atoms with Crippen molar-refractivity contribution in [3.05, 3.63) is 0 Å². The zero-order valence-corrected chi connectivity index (χ0v) is 10.9. The van der Waals surface area contributed by atoms with Crippen LogP contribution in [0.3, 0.4) is 0 Å². The summed E-state index contributed by atoms with van der Waals surface area (Å²) in [6.07, 6.45) is 3.04. The van der Waals surface area contributed by atoms with Crippen molar-refractivity contribution in [3.63, 3.8) is 0 Å².